The van der Waals surface area contributed by atoms with Crippen molar-refractivity contribution in [1.29, 1.82) is 0 Å². The lowest BCUT2D eigenvalue weighted by molar-refractivity contribution is -0.121. The first-order chi connectivity index (χ1) is 5.54. The third-order valence-electron chi connectivity index (χ3n) is 0.657. The van der Waals surface area contributed by atoms with Crippen LogP contribution >= 0.6 is 0 Å². The van der Waals surface area contributed by atoms with Crippen LogP contribution in [-0.4, -0.2) is 11.9 Å². The number of amides is 3. The summed E-state index contributed by atoms with van der Waals surface area (Å²) in [4.78, 5) is 19.2. The summed E-state index contributed by atoms with van der Waals surface area (Å²) in [5.41, 5.74) is 10.5. The Morgan fingerprint density at radius 3 is 2.08 bits per heavy atom. The Bertz CT molecular complexity index is 180. The molecule has 0 aromatic rings. The van der Waals surface area contributed by atoms with Crippen LogP contribution in [0.15, 0.2) is 0 Å². The molecular weight excluding hydrogens is 160 g/mol. The Kier molecular flexibility index (Phi) is 9.95. The normalized spacial score (nSPS) is 7.00. The lowest BCUT2D eigenvalue weighted by atomic mass is 10.3. The average Bonchev–Trinajstić information content (AvgIpc) is 1.99. The van der Waals surface area contributed by atoms with E-state index in [1.54, 1.807) is 0 Å². The van der Waals surface area contributed by atoms with Crippen molar-refractivity contribution in [2.45, 2.75) is 12.8 Å². The van der Waals surface area contributed by atoms with Crippen LogP contribution in [0.4, 0.5) is 4.79 Å². The fourth-order valence-corrected chi connectivity index (χ4v) is 0.258. The molecule has 68 valence electrons. The molecule has 0 atom stereocenters. The third kappa shape index (κ3) is 24.0. The van der Waals surface area contributed by atoms with Crippen LogP contribution in [0.1, 0.15) is 12.8 Å². The maximum Gasteiger partial charge on any atom is 0.309 e. The zero-order chi connectivity index (χ0) is 9.98. The van der Waals surface area contributed by atoms with Gasteiger partial charge in [-0.15, -0.1) is 12.3 Å². The number of carbonyl (C=O) groups is 2. The molecule has 0 aromatic carbocycles. The highest BCUT2D eigenvalue weighted by Gasteiger charge is 1.92. The third-order valence-corrected chi connectivity index (χ3v) is 0.657. The van der Waals surface area contributed by atoms with Crippen molar-refractivity contribution in [3.05, 3.63) is 0 Å². The first-order valence-electron chi connectivity index (χ1n) is 3.02. The highest BCUT2D eigenvalue weighted by atomic mass is 16.2. The molecule has 0 unspecified atom stereocenters. The standard InChI is InChI=1S/C5H8N2O.CH4N2O/c1-2-3-4-5(8)7-6;2-1(3)4/h1H,3-4,6H2,(H,7,8);(H4,2,3,4). The number of urea groups is 1. The van der Waals surface area contributed by atoms with E-state index >= 15 is 0 Å². The summed E-state index contributed by atoms with van der Waals surface area (Å²) in [6, 6.07) is -0.833. The first-order valence-corrected chi connectivity index (χ1v) is 3.02. The van der Waals surface area contributed by atoms with Crippen LogP contribution in [-0.2, 0) is 4.79 Å². The smallest absolute Gasteiger partial charge is 0.309 e. The molecule has 0 aliphatic rings. The summed E-state index contributed by atoms with van der Waals surface area (Å²) in [6.45, 7) is 0. The molecule has 0 spiro atoms. The second kappa shape index (κ2) is 9.26. The van der Waals surface area contributed by atoms with Crippen LogP contribution in [0.5, 0.6) is 0 Å². The molecule has 0 saturated heterocycles. The summed E-state index contributed by atoms with van der Waals surface area (Å²) in [6.07, 6.45) is 5.62. The Balaban J connectivity index is 0. The highest BCUT2D eigenvalue weighted by molar-refractivity contribution is 5.75. The van der Waals surface area contributed by atoms with Crippen LogP contribution in [0.2, 0.25) is 0 Å². The SMILES string of the molecule is C#CCCC(=O)NN.NC(N)=O. The summed E-state index contributed by atoms with van der Waals surface area (Å²) in [5, 5.41) is 0. The summed E-state index contributed by atoms with van der Waals surface area (Å²) in [7, 11) is 0. The van der Waals surface area contributed by atoms with E-state index in [1.165, 1.54) is 0 Å². The number of hydrogen-bond donors (Lipinski definition) is 4. The number of carbonyl (C=O) groups excluding carboxylic acids is 2. The predicted molar refractivity (Wildman–Crippen MR) is 44.2 cm³/mol. The number of rotatable bonds is 2. The van der Waals surface area contributed by atoms with Crippen LogP contribution < -0.4 is 22.7 Å². The number of hydrazine groups is 1. The maximum atomic E-state index is 10.2. The number of nitrogens with one attached hydrogen (secondary N) is 1. The van der Waals surface area contributed by atoms with Gasteiger partial charge in [-0.25, -0.2) is 10.6 Å². The van der Waals surface area contributed by atoms with E-state index in [9.17, 15) is 4.79 Å². The van der Waals surface area contributed by atoms with Gasteiger partial charge in [0, 0.05) is 12.8 Å². The largest absolute Gasteiger partial charge is 0.352 e. The zero-order valence-corrected chi connectivity index (χ0v) is 6.54. The number of nitrogens with two attached hydrogens (primary N) is 3. The van der Waals surface area contributed by atoms with Crippen molar-refractivity contribution in [3.63, 3.8) is 0 Å². The molecule has 0 radical (unpaired) electrons. The minimum atomic E-state index is -0.833. The summed E-state index contributed by atoms with van der Waals surface area (Å²) < 4.78 is 0. The number of hydrogen-bond acceptors (Lipinski definition) is 3. The minimum Gasteiger partial charge on any atom is -0.352 e. The van der Waals surface area contributed by atoms with Gasteiger partial charge in [-0.3, -0.25) is 10.2 Å². The fourth-order valence-electron chi connectivity index (χ4n) is 0.258. The van der Waals surface area contributed by atoms with Gasteiger partial charge in [-0.2, -0.15) is 0 Å². The Labute approximate surface area is 70.4 Å². The van der Waals surface area contributed by atoms with Crippen molar-refractivity contribution in [1.82, 2.24) is 5.43 Å². The Morgan fingerprint density at radius 1 is 1.42 bits per heavy atom. The van der Waals surface area contributed by atoms with Gasteiger partial charge in [0.2, 0.25) is 5.91 Å². The summed E-state index contributed by atoms with van der Waals surface area (Å²) >= 11 is 0. The Hall–Kier alpha value is -1.74. The van der Waals surface area contributed by atoms with Crippen LogP contribution in [0.25, 0.3) is 0 Å². The molecule has 6 nitrogen and oxygen atoms in total. The Morgan fingerprint density at radius 2 is 1.83 bits per heavy atom. The van der Waals surface area contributed by atoms with Crippen LogP contribution in [0.3, 0.4) is 0 Å². The van der Waals surface area contributed by atoms with E-state index in [1.807, 2.05) is 5.43 Å². The van der Waals surface area contributed by atoms with Gasteiger partial charge in [-0.1, -0.05) is 0 Å². The molecule has 0 aliphatic carbocycles. The molecule has 0 bridgehead atoms. The number of primary amides is 2. The van der Waals surface area contributed by atoms with E-state index in [0.717, 1.165) is 0 Å². The zero-order valence-electron chi connectivity index (χ0n) is 6.54. The minimum absolute atomic E-state index is 0.219. The second-order valence-electron chi connectivity index (χ2n) is 1.67. The van der Waals surface area contributed by atoms with Crippen molar-refractivity contribution < 1.29 is 9.59 Å². The van der Waals surface area contributed by atoms with E-state index in [-0.39, 0.29) is 5.91 Å². The van der Waals surface area contributed by atoms with Crippen molar-refractivity contribution in [3.8, 4) is 12.3 Å². The van der Waals surface area contributed by atoms with Gasteiger partial charge in [-0.05, 0) is 0 Å². The molecule has 0 saturated carbocycles. The molecule has 12 heavy (non-hydrogen) atoms. The number of terminal acetylenes is 1. The first kappa shape index (κ1) is 12.9. The van der Waals surface area contributed by atoms with Gasteiger partial charge in [0.1, 0.15) is 0 Å². The van der Waals surface area contributed by atoms with Gasteiger partial charge in [0.15, 0.2) is 0 Å². The molecule has 0 rings (SSSR count). The van der Waals surface area contributed by atoms with E-state index in [0.29, 0.717) is 12.8 Å². The molecule has 3 amide bonds. The second-order valence-corrected chi connectivity index (χ2v) is 1.67. The maximum absolute atomic E-state index is 10.2. The van der Waals surface area contributed by atoms with E-state index in [2.05, 4.69) is 17.4 Å². The molecule has 0 aliphatic heterocycles. The van der Waals surface area contributed by atoms with Crippen molar-refractivity contribution >= 4 is 11.9 Å². The molecule has 6 heteroatoms. The van der Waals surface area contributed by atoms with Gasteiger partial charge < -0.3 is 11.5 Å². The quantitative estimate of drug-likeness (QED) is 0.174. The van der Waals surface area contributed by atoms with Crippen molar-refractivity contribution in [2.75, 3.05) is 0 Å². The molecule has 0 aromatic heterocycles. The van der Waals surface area contributed by atoms with Crippen LogP contribution in [0, 0.1) is 12.3 Å². The fraction of sp³-hybridized carbons (Fsp3) is 0.333. The average molecular weight is 172 g/mol. The monoisotopic (exact) mass is 172 g/mol. The predicted octanol–water partition coefficient (Wildman–Crippen LogP) is -1.59. The summed E-state index contributed by atoms with van der Waals surface area (Å²) in [5.74, 6) is 6.84. The van der Waals surface area contributed by atoms with E-state index in [4.69, 9.17) is 17.1 Å². The molecule has 0 heterocycles. The van der Waals surface area contributed by atoms with Crippen molar-refractivity contribution in [2.24, 2.45) is 17.3 Å². The topological polar surface area (TPSA) is 124 Å². The van der Waals surface area contributed by atoms with Gasteiger partial charge in [0.25, 0.3) is 0 Å². The molecule has 7 N–H and O–H groups in total. The lowest BCUT2D eigenvalue weighted by Crippen LogP contribution is -2.29. The molecular formula is C6H12N4O2. The van der Waals surface area contributed by atoms with Gasteiger partial charge in [0.05, 0.1) is 0 Å². The van der Waals surface area contributed by atoms with E-state index < -0.39 is 6.03 Å². The molecule has 0 fully saturated rings. The lowest BCUT2D eigenvalue weighted by Gasteiger charge is -1.91. The highest BCUT2D eigenvalue weighted by Crippen LogP contribution is 1.82. The van der Waals surface area contributed by atoms with Gasteiger partial charge >= 0.3 is 6.03 Å².